The molecule has 1 aliphatic rings. The Morgan fingerprint density at radius 1 is 1.27 bits per heavy atom. The molecule has 1 unspecified atom stereocenters. The van der Waals surface area contributed by atoms with Crippen molar-refractivity contribution in [2.24, 2.45) is 0 Å². The van der Waals surface area contributed by atoms with Crippen molar-refractivity contribution in [3.8, 4) is 0 Å². The quantitative estimate of drug-likeness (QED) is 0.664. The Hall–Kier alpha value is -0.231. The van der Waals surface area contributed by atoms with Crippen LogP contribution in [0.5, 0.6) is 0 Å². The first kappa shape index (κ1) is 11.3. The molecule has 80 valence electrons. The van der Waals surface area contributed by atoms with Gasteiger partial charge in [-0.3, -0.25) is 0 Å². The molecule has 0 aromatic heterocycles. The minimum absolute atomic E-state index is 0.347. The van der Waals surface area contributed by atoms with Crippen LogP contribution in [0.1, 0.15) is 18.4 Å². The molecule has 0 amide bonds. The van der Waals surface area contributed by atoms with Gasteiger partial charge < -0.3 is 0 Å². The molecule has 1 aromatic carbocycles. The zero-order chi connectivity index (χ0) is 10.7. The van der Waals surface area contributed by atoms with Crippen molar-refractivity contribution in [1.82, 2.24) is 0 Å². The first-order valence-electron chi connectivity index (χ1n) is 5.29. The fourth-order valence-electron chi connectivity index (χ4n) is 1.94. The van der Waals surface area contributed by atoms with E-state index in [0.29, 0.717) is 0 Å². The number of hydrogen-bond donors (Lipinski definition) is 0. The molecular weight excluding hydrogens is 271 g/mol. The van der Waals surface area contributed by atoms with Crippen molar-refractivity contribution >= 4 is 30.5 Å². The van der Waals surface area contributed by atoms with Gasteiger partial charge >= 0.3 is 101 Å². The molecule has 1 saturated heterocycles. The number of rotatable bonds is 1. The summed E-state index contributed by atoms with van der Waals surface area (Å²) in [4.78, 5) is 0. The maximum atomic E-state index is 6.45. The number of hydrogen-bond acceptors (Lipinski definition) is 0. The fourth-order valence-corrected chi connectivity index (χ4v) is 5.90. The third kappa shape index (κ3) is 2.87. The predicted octanol–water partition coefficient (Wildman–Crippen LogP) is 4.55. The minimum atomic E-state index is -0.347. The molecule has 0 aliphatic carbocycles. The van der Waals surface area contributed by atoms with Gasteiger partial charge in [-0.2, -0.15) is 0 Å². The summed E-state index contributed by atoms with van der Waals surface area (Å²) in [6.07, 6.45) is 2.56. The van der Waals surface area contributed by atoms with Crippen LogP contribution in [0.2, 0.25) is 16.5 Å². The fraction of sp³-hybridized carbons (Fsp3) is 0.385. The summed E-state index contributed by atoms with van der Waals surface area (Å²) in [5.74, 6) is 2.44. The Kier molecular flexibility index (Phi) is 3.91. The van der Waals surface area contributed by atoms with E-state index in [-0.39, 0.29) is 13.9 Å². The third-order valence-electron chi connectivity index (χ3n) is 2.73. The molecule has 0 saturated carbocycles. The van der Waals surface area contributed by atoms with Gasteiger partial charge in [0, 0.05) is 0 Å². The normalized spacial score (nSPS) is 25.1. The second-order valence-electron chi connectivity index (χ2n) is 4.02. The Morgan fingerprint density at radius 3 is 2.67 bits per heavy atom. The summed E-state index contributed by atoms with van der Waals surface area (Å²) in [6, 6.07) is 10.4. The standard InChI is InChI=1S/C13H16ClSe/c1-15-9-5-8-12(10-15)13(14)11-6-3-2-4-7-11/h2-4,6-7H,5,8-10H2,1H3/q+1/b13-12+. The summed E-state index contributed by atoms with van der Waals surface area (Å²) in [5, 5.41) is 3.79. The average molecular weight is 287 g/mol. The van der Waals surface area contributed by atoms with Crippen molar-refractivity contribution in [2.45, 2.75) is 29.3 Å². The molecule has 0 N–H and O–H groups in total. The van der Waals surface area contributed by atoms with Crippen LogP contribution in [0.15, 0.2) is 35.9 Å². The van der Waals surface area contributed by atoms with Gasteiger partial charge in [0.05, 0.1) is 0 Å². The van der Waals surface area contributed by atoms with Crippen LogP contribution in [-0.2, 0) is 0 Å². The van der Waals surface area contributed by atoms with Crippen LogP contribution in [0.3, 0.4) is 0 Å². The second kappa shape index (κ2) is 5.20. The summed E-state index contributed by atoms with van der Waals surface area (Å²) >= 11 is 6.10. The Balaban J connectivity index is 2.24. The molecule has 1 heterocycles. The van der Waals surface area contributed by atoms with Gasteiger partial charge in [0.1, 0.15) is 0 Å². The summed E-state index contributed by atoms with van der Waals surface area (Å²) < 4.78 is 0. The van der Waals surface area contributed by atoms with E-state index in [2.05, 4.69) is 30.1 Å². The van der Waals surface area contributed by atoms with Crippen LogP contribution in [0.25, 0.3) is 5.03 Å². The van der Waals surface area contributed by atoms with E-state index in [1.54, 1.807) is 0 Å². The monoisotopic (exact) mass is 287 g/mol. The maximum absolute atomic E-state index is 6.45. The Labute approximate surface area is 101 Å². The second-order valence-corrected chi connectivity index (χ2v) is 9.14. The molecule has 0 bridgehead atoms. The summed E-state index contributed by atoms with van der Waals surface area (Å²) in [7, 11) is 0. The van der Waals surface area contributed by atoms with Crippen LogP contribution in [-0.4, -0.2) is 13.9 Å². The van der Waals surface area contributed by atoms with E-state index >= 15 is 0 Å². The van der Waals surface area contributed by atoms with Gasteiger partial charge in [-0.1, -0.05) is 0 Å². The van der Waals surface area contributed by atoms with Gasteiger partial charge in [-0.15, -0.1) is 0 Å². The Morgan fingerprint density at radius 2 is 2.00 bits per heavy atom. The molecule has 2 rings (SSSR count). The molecule has 2 heteroatoms. The zero-order valence-electron chi connectivity index (χ0n) is 9.00. The van der Waals surface area contributed by atoms with Crippen LogP contribution in [0, 0.1) is 0 Å². The molecule has 0 nitrogen and oxygen atoms in total. The molecular formula is C13H16ClSe+. The van der Waals surface area contributed by atoms with Gasteiger partial charge in [0.25, 0.3) is 0 Å². The van der Waals surface area contributed by atoms with Crippen molar-refractivity contribution < 1.29 is 0 Å². The van der Waals surface area contributed by atoms with E-state index in [0.717, 1.165) is 5.03 Å². The average Bonchev–Trinajstić information content (AvgIpc) is 2.29. The van der Waals surface area contributed by atoms with Gasteiger partial charge in [-0.05, 0) is 0 Å². The molecule has 0 spiro atoms. The van der Waals surface area contributed by atoms with Crippen LogP contribution >= 0.6 is 11.6 Å². The SMILES string of the molecule is C[Se+]1CCC/C(=C(\Cl)c2ccccc2)C1. The number of allylic oxidation sites excluding steroid dienone is 1. The number of halogens is 1. The van der Waals surface area contributed by atoms with Crippen LogP contribution in [0.4, 0.5) is 0 Å². The zero-order valence-corrected chi connectivity index (χ0v) is 11.5. The topological polar surface area (TPSA) is 0 Å². The summed E-state index contributed by atoms with van der Waals surface area (Å²) in [6.45, 7) is 0. The molecule has 1 atom stereocenters. The van der Waals surface area contributed by atoms with Gasteiger partial charge in [0.2, 0.25) is 0 Å². The van der Waals surface area contributed by atoms with Crippen molar-refractivity contribution in [1.29, 1.82) is 0 Å². The van der Waals surface area contributed by atoms with E-state index < -0.39 is 0 Å². The van der Waals surface area contributed by atoms with E-state index in [1.807, 2.05) is 6.07 Å². The van der Waals surface area contributed by atoms with Crippen LogP contribution < -0.4 is 0 Å². The Bertz CT molecular complexity index is 356. The third-order valence-corrected chi connectivity index (χ3v) is 7.05. The van der Waals surface area contributed by atoms with E-state index in [4.69, 9.17) is 11.6 Å². The molecule has 0 radical (unpaired) electrons. The van der Waals surface area contributed by atoms with Crippen molar-refractivity contribution in [3.05, 3.63) is 41.5 Å². The van der Waals surface area contributed by atoms with E-state index in [1.165, 1.54) is 34.6 Å². The predicted molar refractivity (Wildman–Crippen MR) is 69.7 cm³/mol. The molecule has 1 fully saturated rings. The first-order valence-corrected chi connectivity index (χ1v) is 9.81. The van der Waals surface area contributed by atoms with Gasteiger partial charge in [0.15, 0.2) is 0 Å². The molecule has 1 aromatic rings. The molecule has 1 aliphatic heterocycles. The molecule has 15 heavy (non-hydrogen) atoms. The van der Waals surface area contributed by atoms with Crippen molar-refractivity contribution in [2.75, 3.05) is 0 Å². The van der Waals surface area contributed by atoms with E-state index in [9.17, 15) is 0 Å². The summed E-state index contributed by atoms with van der Waals surface area (Å²) in [5.41, 5.74) is 2.69. The first-order chi connectivity index (χ1) is 7.27. The number of benzene rings is 1. The van der Waals surface area contributed by atoms with Gasteiger partial charge in [-0.25, -0.2) is 0 Å². The van der Waals surface area contributed by atoms with Crippen molar-refractivity contribution in [3.63, 3.8) is 0 Å².